The maximum absolute atomic E-state index is 12.2. The maximum atomic E-state index is 12.2. The number of piperidine rings is 2. The Labute approximate surface area is 247 Å². The van der Waals surface area contributed by atoms with Crippen molar-refractivity contribution in [3.8, 4) is 5.75 Å². The van der Waals surface area contributed by atoms with Gasteiger partial charge in [-0.15, -0.1) is 0 Å². The molecule has 2 unspecified atom stereocenters. The molecule has 2 fully saturated rings. The van der Waals surface area contributed by atoms with Gasteiger partial charge in [-0.05, 0) is 88.6 Å². The summed E-state index contributed by atoms with van der Waals surface area (Å²) in [4.78, 5) is 11.5. The molecule has 0 aliphatic carbocycles. The highest BCUT2D eigenvalue weighted by Gasteiger charge is 2.33. The standard InChI is InChI=1S/C29H38ClN7O3S/c1-19(24-8-5-6-18-37(24)21-14-16-32-17-15-21)40-22-12-10-20(11-13-22)33-29-35-27(31)26(30)28(36-29)34-23-7-3-4-9-25(23)41(2,38)39/h3-4,7,9-13,19,21,24,32H,5-6,8,14-18H2,1-2H3,(H4,31,33,34,35,36). The van der Waals surface area contributed by atoms with Crippen LogP contribution in [-0.4, -0.2) is 67.4 Å². The van der Waals surface area contributed by atoms with E-state index in [1.807, 2.05) is 24.3 Å². The quantitative estimate of drug-likeness (QED) is 0.267. The van der Waals surface area contributed by atoms with E-state index >= 15 is 0 Å². The highest BCUT2D eigenvalue weighted by molar-refractivity contribution is 7.90. The fraction of sp³-hybridized carbons (Fsp3) is 0.448. The lowest BCUT2D eigenvalue weighted by molar-refractivity contribution is 0.0119. The zero-order chi connectivity index (χ0) is 29.0. The number of hydrogen-bond donors (Lipinski definition) is 4. The maximum Gasteiger partial charge on any atom is 0.231 e. The summed E-state index contributed by atoms with van der Waals surface area (Å²) in [6.45, 7) is 5.50. The summed E-state index contributed by atoms with van der Waals surface area (Å²) < 4.78 is 30.9. The molecule has 12 heteroatoms. The number of nitrogens with one attached hydrogen (secondary N) is 3. The van der Waals surface area contributed by atoms with Crippen LogP contribution >= 0.6 is 11.6 Å². The van der Waals surface area contributed by atoms with E-state index < -0.39 is 9.84 Å². The molecule has 2 aliphatic rings. The summed E-state index contributed by atoms with van der Waals surface area (Å²) in [5, 5.41) is 9.71. The second-order valence-electron chi connectivity index (χ2n) is 10.7. The third-order valence-corrected chi connectivity index (χ3v) is 9.29. The predicted octanol–water partition coefficient (Wildman–Crippen LogP) is 4.98. The fourth-order valence-electron chi connectivity index (χ4n) is 5.74. The number of nitrogens with zero attached hydrogens (tertiary/aromatic N) is 3. The monoisotopic (exact) mass is 599 g/mol. The van der Waals surface area contributed by atoms with Crippen LogP contribution in [0.5, 0.6) is 5.75 Å². The smallest absolute Gasteiger partial charge is 0.231 e. The minimum Gasteiger partial charge on any atom is -0.489 e. The molecule has 0 amide bonds. The summed E-state index contributed by atoms with van der Waals surface area (Å²) in [5.41, 5.74) is 7.14. The van der Waals surface area contributed by atoms with Crippen molar-refractivity contribution in [1.29, 1.82) is 0 Å². The Hall–Kier alpha value is -3.12. The third-order valence-electron chi connectivity index (χ3n) is 7.76. The number of aromatic nitrogens is 2. The fourth-order valence-corrected chi connectivity index (χ4v) is 6.71. The lowest BCUT2D eigenvalue weighted by atomic mass is 9.93. The van der Waals surface area contributed by atoms with Gasteiger partial charge in [-0.25, -0.2) is 8.42 Å². The second kappa shape index (κ2) is 12.8. The molecule has 0 bridgehead atoms. The van der Waals surface area contributed by atoms with E-state index in [-0.39, 0.29) is 33.6 Å². The number of hydrogen-bond acceptors (Lipinski definition) is 10. The van der Waals surface area contributed by atoms with Crippen LogP contribution in [0.25, 0.3) is 0 Å². The number of likely N-dealkylation sites (tertiary alicyclic amines) is 1. The Morgan fingerprint density at radius 3 is 2.51 bits per heavy atom. The van der Waals surface area contributed by atoms with Gasteiger partial charge in [-0.1, -0.05) is 30.2 Å². The van der Waals surface area contributed by atoms with Gasteiger partial charge in [0.05, 0.1) is 10.6 Å². The normalized spacial score (nSPS) is 19.4. The molecule has 0 radical (unpaired) electrons. The molecule has 220 valence electrons. The van der Waals surface area contributed by atoms with Crippen LogP contribution in [0.1, 0.15) is 39.0 Å². The summed E-state index contributed by atoms with van der Waals surface area (Å²) >= 11 is 6.36. The minimum absolute atomic E-state index is 0.0584. The van der Waals surface area contributed by atoms with Crippen molar-refractivity contribution in [2.45, 2.75) is 62.1 Å². The molecule has 2 saturated heterocycles. The Kier molecular flexibility index (Phi) is 9.18. The number of rotatable bonds is 9. The largest absolute Gasteiger partial charge is 0.489 e. The highest BCUT2D eigenvalue weighted by Crippen LogP contribution is 2.33. The van der Waals surface area contributed by atoms with Crippen molar-refractivity contribution in [2.24, 2.45) is 0 Å². The highest BCUT2D eigenvalue weighted by atomic mass is 35.5. The molecule has 0 saturated carbocycles. The van der Waals surface area contributed by atoms with Crippen LogP contribution in [0.15, 0.2) is 53.4 Å². The van der Waals surface area contributed by atoms with Gasteiger partial charge in [0.15, 0.2) is 15.7 Å². The number of sulfone groups is 1. The number of benzene rings is 2. The molecule has 2 atom stereocenters. The van der Waals surface area contributed by atoms with E-state index in [1.165, 1.54) is 31.7 Å². The first kappa shape index (κ1) is 29.4. The number of ether oxygens (including phenoxy) is 1. The van der Waals surface area contributed by atoms with Crippen LogP contribution in [0, 0.1) is 0 Å². The van der Waals surface area contributed by atoms with Crippen molar-refractivity contribution >= 4 is 50.4 Å². The van der Waals surface area contributed by atoms with Crippen LogP contribution in [0.2, 0.25) is 5.02 Å². The van der Waals surface area contributed by atoms with Crippen molar-refractivity contribution in [2.75, 3.05) is 42.3 Å². The molecule has 1 aromatic heterocycles. The third kappa shape index (κ3) is 7.21. The molecular weight excluding hydrogens is 562 g/mol. The van der Waals surface area contributed by atoms with Gasteiger partial charge in [-0.3, -0.25) is 4.90 Å². The van der Waals surface area contributed by atoms with E-state index in [9.17, 15) is 8.42 Å². The van der Waals surface area contributed by atoms with Crippen LogP contribution in [-0.2, 0) is 9.84 Å². The van der Waals surface area contributed by atoms with E-state index in [4.69, 9.17) is 22.1 Å². The van der Waals surface area contributed by atoms with Crippen LogP contribution in [0.3, 0.4) is 0 Å². The summed E-state index contributed by atoms with van der Waals surface area (Å²) in [5.74, 6) is 1.27. The first-order valence-electron chi connectivity index (χ1n) is 14.1. The van der Waals surface area contributed by atoms with Gasteiger partial charge in [-0.2, -0.15) is 9.97 Å². The number of para-hydroxylation sites is 1. The average Bonchev–Trinajstić information content (AvgIpc) is 2.97. The zero-order valence-electron chi connectivity index (χ0n) is 23.4. The van der Waals surface area contributed by atoms with E-state index in [0.29, 0.717) is 17.8 Å². The van der Waals surface area contributed by atoms with Gasteiger partial charge in [0.2, 0.25) is 5.95 Å². The molecule has 5 rings (SSSR count). The Morgan fingerprint density at radius 2 is 1.78 bits per heavy atom. The van der Waals surface area contributed by atoms with Crippen LogP contribution < -0.4 is 26.4 Å². The van der Waals surface area contributed by atoms with Gasteiger partial charge in [0, 0.05) is 24.0 Å². The number of anilines is 5. The SMILES string of the molecule is CC(Oc1ccc(Nc2nc(N)c(Cl)c(Nc3ccccc3S(C)(=O)=O)n2)cc1)C1CCCCN1C1CCNCC1. The number of nitrogens with two attached hydrogens (primary N) is 1. The summed E-state index contributed by atoms with van der Waals surface area (Å²) in [6.07, 6.45) is 7.27. The predicted molar refractivity (Wildman–Crippen MR) is 164 cm³/mol. The minimum atomic E-state index is -3.48. The van der Waals surface area contributed by atoms with Gasteiger partial charge < -0.3 is 26.4 Å². The molecule has 5 N–H and O–H groups in total. The average molecular weight is 600 g/mol. The molecule has 2 aromatic carbocycles. The molecule has 41 heavy (non-hydrogen) atoms. The van der Waals surface area contributed by atoms with Crippen molar-refractivity contribution in [3.63, 3.8) is 0 Å². The number of halogens is 1. The first-order chi connectivity index (χ1) is 19.7. The van der Waals surface area contributed by atoms with Crippen molar-refractivity contribution in [1.82, 2.24) is 20.2 Å². The lowest BCUT2D eigenvalue weighted by Crippen LogP contribution is -2.54. The Balaban J connectivity index is 1.26. The molecule has 0 spiro atoms. The van der Waals surface area contributed by atoms with E-state index in [1.54, 1.807) is 18.2 Å². The number of nitrogen functional groups attached to an aromatic ring is 1. The topological polar surface area (TPSA) is 134 Å². The van der Waals surface area contributed by atoms with E-state index in [0.717, 1.165) is 43.7 Å². The molecule has 10 nitrogen and oxygen atoms in total. The Morgan fingerprint density at radius 1 is 1.05 bits per heavy atom. The van der Waals surface area contributed by atoms with Crippen molar-refractivity contribution < 1.29 is 13.2 Å². The molecular formula is C29H38ClN7O3S. The summed E-state index contributed by atoms with van der Waals surface area (Å²) in [7, 11) is -3.48. The molecule has 3 aromatic rings. The lowest BCUT2D eigenvalue weighted by Gasteiger charge is -2.45. The Bertz CT molecular complexity index is 1450. The molecule has 3 heterocycles. The zero-order valence-corrected chi connectivity index (χ0v) is 25.0. The summed E-state index contributed by atoms with van der Waals surface area (Å²) in [6, 6.07) is 15.2. The first-order valence-corrected chi connectivity index (χ1v) is 16.4. The van der Waals surface area contributed by atoms with Gasteiger partial charge in [0.1, 0.15) is 22.7 Å². The van der Waals surface area contributed by atoms with Crippen molar-refractivity contribution in [3.05, 3.63) is 53.6 Å². The molecule has 2 aliphatic heterocycles. The van der Waals surface area contributed by atoms with Gasteiger partial charge >= 0.3 is 0 Å². The van der Waals surface area contributed by atoms with E-state index in [2.05, 4.69) is 37.7 Å². The van der Waals surface area contributed by atoms with Gasteiger partial charge in [0.25, 0.3) is 0 Å². The van der Waals surface area contributed by atoms with Crippen LogP contribution in [0.4, 0.5) is 29.0 Å². The second-order valence-corrected chi connectivity index (χ2v) is 13.1.